The van der Waals surface area contributed by atoms with Crippen LogP contribution in [-0.2, 0) is 29.0 Å². The fourth-order valence-electron chi connectivity index (χ4n) is 3.43. The van der Waals surface area contributed by atoms with E-state index in [-0.39, 0.29) is 11.9 Å². The molecule has 0 N–H and O–H groups in total. The molecular weight excluding hydrogens is 380 g/mol. The van der Waals surface area contributed by atoms with E-state index in [0.29, 0.717) is 6.61 Å². The van der Waals surface area contributed by atoms with E-state index in [1.54, 1.807) is 6.92 Å². The summed E-state index contributed by atoms with van der Waals surface area (Å²) in [5.74, 6) is 0.848. The second-order valence-corrected chi connectivity index (χ2v) is 7.87. The van der Waals surface area contributed by atoms with Gasteiger partial charge in [-0.1, -0.05) is 40.2 Å². The third-order valence-corrected chi connectivity index (χ3v) is 5.94. The minimum Gasteiger partial charge on any atom is -0.480 e. The molecule has 130 valence electrons. The number of Topliss-reactive ketones (excluding diaryl/α,β-unsaturated/α-hetero) is 1. The number of hydrogen-bond donors (Lipinski definition) is 0. The van der Waals surface area contributed by atoms with Gasteiger partial charge < -0.3 is 9.47 Å². The van der Waals surface area contributed by atoms with E-state index < -0.39 is 5.60 Å². The summed E-state index contributed by atoms with van der Waals surface area (Å²) in [4.78, 5) is 11.7. The highest BCUT2D eigenvalue weighted by molar-refractivity contribution is 9.10. The molecule has 1 saturated carbocycles. The molecule has 0 aliphatic heterocycles. The molecule has 0 heterocycles. The van der Waals surface area contributed by atoms with Crippen molar-refractivity contribution < 1.29 is 14.3 Å². The Morgan fingerprint density at radius 3 is 2.44 bits per heavy atom. The Hall–Kier alpha value is -1.65. The van der Waals surface area contributed by atoms with Crippen molar-refractivity contribution in [1.29, 1.82) is 0 Å². The summed E-state index contributed by atoms with van der Waals surface area (Å²) in [6.07, 6.45) is 3.78. The van der Waals surface area contributed by atoms with Crippen LogP contribution in [0.3, 0.4) is 0 Å². The summed E-state index contributed by atoms with van der Waals surface area (Å²) in [5.41, 5.74) is 3.24. The third-order valence-electron chi connectivity index (χ3n) is 5.16. The SMILES string of the molecule is CC(=O)C1(Oc2ccc(Br)c(COC3Cc4ccccc4C3)c2)CC1. The highest BCUT2D eigenvalue weighted by atomic mass is 79.9. The summed E-state index contributed by atoms with van der Waals surface area (Å²) in [7, 11) is 0. The number of ketones is 1. The van der Waals surface area contributed by atoms with Crippen LogP contribution in [0.15, 0.2) is 46.9 Å². The van der Waals surface area contributed by atoms with Crippen LogP contribution in [0.2, 0.25) is 0 Å². The van der Waals surface area contributed by atoms with Crippen molar-refractivity contribution in [2.45, 2.75) is 50.9 Å². The highest BCUT2D eigenvalue weighted by Gasteiger charge is 2.50. The molecule has 0 spiro atoms. The Labute approximate surface area is 156 Å². The van der Waals surface area contributed by atoms with Crippen LogP contribution in [0.5, 0.6) is 5.75 Å². The molecule has 0 saturated heterocycles. The van der Waals surface area contributed by atoms with E-state index >= 15 is 0 Å². The van der Waals surface area contributed by atoms with E-state index in [2.05, 4.69) is 40.2 Å². The molecule has 0 unspecified atom stereocenters. The molecule has 4 heteroatoms. The Morgan fingerprint density at radius 2 is 1.84 bits per heavy atom. The largest absolute Gasteiger partial charge is 0.480 e. The summed E-state index contributed by atoms with van der Waals surface area (Å²) in [6.45, 7) is 2.14. The van der Waals surface area contributed by atoms with E-state index in [0.717, 1.165) is 41.5 Å². The summed E-state index contributed by atoms with van der Waals surface area (Å²) >= 11 is 3.59. The zero-order chi connectivity index (χ0) is 17.4. The van der Waals surface area contributed by atoms with Gasteiger partial charge in [-0.25, -0.2) is 0 Å². The first-order chi connectivity index (χ1) is 12.1. The van der Waals surface area contributed by atoms with Crippen LogP contribution >= 0.6 is 15.9 Å². The van der Waals surface area contributed by atoms with Crippen molar-refractivity contribution >= 4 is 21.7 Å². The number of carbonyl (C=O) groups is 1. The number of carbonyl (C=O) groups excluding carboxylic acids is 1. The van der Waals surface area contributed by atoms with Gasteiger partial charge in [0.15, 0.2) is 11.4 Å². The standard InChI is InChI=1S/C21H21BrO3/c1-14(23)21(8-9-21)25-18-6-7-20(22)17(12-18)13-24-19-10-15-4-2-3-5-16(15)11-19/h2-7,12,19H,8-11,13H2,1H3. The van der Waals surface area contributed by atoms with Gasteiger partial charge in [0, 0.05) is 4.47 Å². The fourth-order valence-corrected chi connectivity index (χ4v) is 3.80. The summed E-state index contributed by atoms with van der Waals surface area (Å²) in [6, 6.07) is 14.4. The second-order valence-electron chi connectivity index (χ2n) is 7.02. The second kappa shape index (κ2) is 6.58. The number of fused-ring (bicyclic) bond motifs is 1. The van der Waals surface area contributed by atoms with Crippen molar-refractivity contribution in [3.05, 3.63) is 63.6 Å². The molecule has 25 heavy (non-hydrogen) atoms. The van der Waals surface area contributed by atoms with Gasteiger partial charge in [0.2, 0.25) is 0 Å². The first-order valence-corrected chi connectivity index (χ1v) is 9.52. The minimum atomic E-state index is -0.584. The van der Waals surface area contributed by atoms with E-state index in [1.165, 1.54) is 11.1 Å². The molecule has 0 atom stereocenters. The van der Waals surface area contributed by atoms with Gasteiger partial charge in [0.25, 0.3) is 0 Å². The van der Waals surface area contributed by atoms with Gasteiger partial charge in [0.05, 0.1) is 12.7 Å². The summed E-state index contributed by atoms with van der Waals surface area (Å²) in [5, 5.41) is 0. The normalized spacial score (nSPS) is 18.0. The van der Waals surface area contributed by atoms with Crippen LogP contribution < -0.4 is 4.74 Å². The van der Waals surface area contributed by atoms with E-state index in [4.69, 9.17) is 9.47 Å². The highest BCUT2D eigenvalue weighted by Crippen LogP contribution is 2.41. The average molecular weight is 401 g/mol. The van der Waals surface area contributed by atoms with Crippen molar-refractivity contribution in [1.82, 2.24) is 0 Å². The molecular formula is C21H21BrO3. The quantitative estimate of drug-likeness (QED) is 0.708. The number of benzene rings is 2. The van der Waals surface area contributed by atoms with Crippen LogP contribution in [-0.4, -0.2) is 17.5 Å². The van der Waals surface area contributed by atoms with E-state index in [1.807, 2.05) is 18.2 Å². The molecule has 2 aliphatic rings. The molecule has 1 fully saturated rings. The zero-order valence-corrected chi connectivity index (χ0v) is 15.8. The van der Waals surface area contributed by atoms with Crippen molar-refractivity contribution in [2.75, 3.05) is 0 Å². The minimum absolute atomic E-state index is 0.108. The molecule has 0 amide bonds. The summed E-state index contributed by atoms with van der Waals surface area (Å²) < 4.78 is 13.1. The number of halogens is 1. The van der Waals surface area contributed by atoms with Gasteiger partial charge in [-0.3, -0.25) is 4.79 Å². The predicted octanol–water partition coefficient (Wildman–Crippen LogP) is 4.63. The predicted molar refractivity (Wildman–Crippen MR) is 99.8 cm³/mol. The smallest absolute Gasteiger partial charge is 0.173 e. The lowest BCUT2D eigenvalue weighted by Crippen LogP contribution is -2.27. The van der Waals surface area contributed by atoms with Gasteiger partial charge in [-0.05, 0) is 67.5 Å². The molecule has 0 aromatic heterocycles. The van der Waals surface area contributed by atoms with Crippen LogP contribution in [0.25, 0.3) is 0 Å². The molecule has 2 aromatic rings. The fraction of sp³-hybridized carbons (Fsp3) is 0.381. The Bertz CT molecular complexity index is 786. The maximum absolute atomic E-state index is 11.7. The molecule has 2 aliphatic carbocycles. The first kappa shape index (κ1) is 16.8. The first-order valence-electron chi connectivity index (χ1n) is 8.73. The number of hydrogen-bond acceptors (Lipinski definition) is 3. The van der Waals surface area contributed by atoms with Gasteiger partial charge in [-0.15, -0.1) is 0 Å². The third kappa shape index (κ3) is 3.51. The monoisotopic (exact) mass is 400 g/mol. The van der Waals surface area contributed by atoms with Crippen molar-refractivity contribution in [3.63, 3.8) is 0 Å². The molecule has 3 nitrogen and oxygen atoms in total. The lowest BCUT2D eigenvalue weighted by atomic mass is 10.1. The van der Waals surface area contributed by atoms with Crippen LogP contribution in [0.1, 0.15) is 36.5 Å². The Balaban J connectivity index is 1.41. The molecule has 4 rings (SSSR count). The molecule has 2 aromatic carbocycles. The zero-order valence-electron chi connectivity index (χ0n) is 14.3. The Morgan fingerprint density at radius 1 is 1.16 bits per heavy atom. The van der Waals surface area contributed by atoms with Crippen LogP contribution in [0.4, 0.5) is 0 Å². The lowest BCUT2D eigenvalue weighted by Gasteiger charge is -2.17. The van der Waals surface area contributed by atoms with Crippen molar-refractivity contribution in [3.8, 4) is 5.75 Å². The number of rotatable bonds is 6. The molecule has 0 bridgehead atoms. The van der Waals surface area contributed by atoms with Gasteiger partial charge in [-0.2, -0.15) is 0 Å². The number of ether oxygens (including phenoxy) is 2. The lowest BCUT2D eigenvalue weighted by molar-refractivity contribution is -0.125. The maximum Gasteiger partial charge on any atom is 0.173 e. The van der Waals surface area contributed by atoms with E-state index in [9.17, 15) is 4.79 Å². The molecule has 0 radical (unpaired) electrons. The van der Waals surface area contributed by atoms with Gasteiger partial charge >= 0.3 is 0 Å². The average Bonchev–Trinajstić information content (AvgIpc) is 3.26. The van der Waals surface area contributed by atoms with Crippen LogP contribution in [0, 0.1) is 0 Å². The van der Waals surface area contributed by atoms with Gasteiger partial charge in [0.1, 0.15) is 5.75 Å². The maximum atomic E-state index is 11.7. The van der Waals surface area contributed by atoms with Crippen molar-refractivity contribution in [2.24, 2.45) is 0 Å². The Kier molecular flexibility index (Phi) is 4.42. The topological polar surface area (TPSA) is 35.5 Å².